The molecule has 0 saturated carbocycles. The molecule has 2 rings (SSSR count). The fourth-order valence-electron chi connectivity index (χ4n) is 1.46. The first kappa shape index (κ1) is 15.4. The maximum Gasteiger partial charge on any atom is 0.451 e. The third-order valence-electron chi connectivity index (χ3n) is 2.37. The summed E-state index contributed by atoms with van der Waals surface area (Å²) in [5.41, 5.74) is 2.10. The van der Waals surface area contributed by atoms with Gasteiger partial charge in [-0.2, -0.15) is 13.2 Å². The number of hydrogen-bond donors (Lipinski definition) is 2. The van der Waals surface area contributed by atoms with Crippen molar-refractivity contribution in [2.45, 2.75) is 16.1 Å². The molecule has 0 radical (unpaired) electrons. The highest BCUT2D eigenvalue weighted by Gasteiger charge is 2.35. The van der Waals surface area contributed by atoms with Crippen LogP contribution in [0.1, 0.15) is 5.82 Å². The Hall–Kier alpha value is -2.00. The lowest BCUT2D eigenvalue weighted by molar-refractivity contribution is -0.145. The van der Waals surface area contributed by atoms with E-state index in [4.69, 9.17) is 10.6 Å². The molecule has 0 spiro atoms. The second-order valence-corrected chi connectivity index (χ2v) is 4.93. The molecule has 0 unspecified atom stereocenters. The number of nitrogen functional groups attached to an aromatic ring is 1. The summed E-state index contributed by atoms with van der Waals surface area (Å²) in [5.74, 6) is 4.38. The monoisotopic (exact) mass is 316 g/mol. The summed E-state index contributed by atoms with van der Waals surface area (Å²) in [6, 6.07) is 8.22. The van der Waals surface area contributed by atoms with Crippen molar-refractivity contribution in [1.82, 2.24) is 9.97 Å². The molecule has 0 aliphatic rings. The first-order chi connectivity index (χ1) is 9.92. The fraction of sp³-hybridized carbons (Fsp3) is 0.167. The maximum absolute atomic E-state index is 12.7. The highest BCUT2D eigenvalue weighted by atomic mass is 32.2. The van der Waals surface area contributed by atoms with Gasteiger partial charge in [0, 0.05) is 11.0 Å². The van der Waals surface area contributed by atoms with E-state index in [-0.39, 0.29) is 10.8 Å². The van der Waals surface area contributed by atoms with Gasteiger partial charge in [-0.15, -0.1) is 0 Å². The Kier molecular flexibility index (Phi) is 4.53. The standard InChI is InChI=1S/C12H11F3N4OS/c1-20-7-3-2-4-8(5-7)21-10-6-9(19-16)17-11(18-10)12(13,14)15/h2-6H,16H2,1H3,(H,17,18,19). The van der Waals surface area contributed by atoms with Crippen molar-refractivity contribution in [2.24, 2.45) is 5.84 Å². The smallest absolute Gasteiger partial charge is 0.451 e. The highest BCUT2D eigenvalue weighted by Crippen LogP contribution is 2.33. The molecule has 21 heavy (non-hydrogen) atoms. The molecule has 1 aromatic heterocycles. The number of nitrogens with one attached hydrogen (secondary N) is 1. The fourth-order valence-corrected chi connectivity index (χ4v) is 2.33. The van der Waals surface area contributed by atoms with Gasteiger partial charge in [-0.1, -0.05) is 17.8 Å². The lowest BCUT2D eigenvalue weighted by Crippen LogP contribution is -2.16. The first-order valence-electron chi connectivity index (χ1n) is 5.67. The summed E-state index contributed by atoms with van der Waals surface area (Å²) in [5, 5.41) is 0.124. The summed E-state index contributed by atoms with van der Waals surface area (Å²) in [6.45, 7) is 0. The van der Waals surface area contributed by atoms with Crippen molar-refractivity contribution in [3.63, 3.8) is 0 Å². The third kappa shape index (κ3) is 3.99. The molecule has 0 atom stereocenters. The Morgan fingerprint density at radius 1 is 1.24 bits per heavy atom. The number of hydrazine groups is 1. The van der Waals surface area contributed by atoms with E-state index in [2.05, 4.69) is 15.4 Å². The zero-order valence-corrected chi connectivity index (χ0v) is 11.6. The van der Waals surface area contributed by atoms with Crippen LogP contribution in [0, 0.1) is 0 Å². The zero-order chi connectivity index (χ0) is 15.5. The first-order valence-corrected chi connectivity index (χ1v) is 6.49. The minimum absolute atomic E-state index is 0.109. The minimum Gasteiger partial charge on any atom is -0.497 e. The van der Waals surface area contributed by atoms with E-state index in [0.29, 0.717) is 10.6 Å². The van der Waals surface area contributed by atoms with Gasteiger partial charge in [0.2, 0.25) is 5.82 Å². The molecule has 5 nitrogen and oxygen atoms in total. The summed E-state index contributed by atoms with van der Waals surface area (Å²) >= 11 is 1.05. The van der Waals surface area contributed by atoms with Gasteiger partial charge in [0.05, 0.1) is 7.11 Å². The number of nitrogens with two attached hydrogens (primary N) is 1. The molecular weight excluding hydrogens is 305 g/mol. The van der Waals surface area contributed by atoms with E-state index in [0.717, 1.165) is 11.8 Å². The molecule has 3 N–H and O–H groups in total. The van der Waals surface area contributed by atoms with E-state index in [1.807, 2.05) is 0 Å². The average molecular weight is 316 g/mol. The topological polar surface area (TPSA) is 73.1 Å². The van der Waals surface area contributed by atoms with Crippen LogP contribution in [0.5, 0.6) is 5.75 Å². The largest absolute Gasteiger partial charge is 0.497 e. The summed E-state index contributed by atoms with van der Waals surface area (Å²) in [4.78, 5) is 7.47. The molecule has 0 fully saturated rings. The number of anilines is 1. The molecule has 112 valence electrons. The van der Waals surface area contributed by atoms with Gasteiger partial charge >= 0.3 is 6.18 Å². The number of halogens is 3. The molecule has 0 saturated heterocycles. The van der Waals surface area contributed by atoms with Gasteiger partial charge in [0.1, 0.15) is 16.6 Å². The number of aromatic nitrogens is 2. The summed E-state index contributed by atoms with van der Waals surface area (Å²) < 4.78 is 43.2. The predicted octanol–water partition coefficient (Wildman–Crippen LogP) is 2.94. The van der Waals surface area contributed by atoms with Gasteiger partial charge < -0.3 is 10.2 Å². The number of alkyl halides is 3. The molecular formula is C12H11F3N4OS. The Morgan fingerprint density at radius 2 is 2.00 bits per heavy atom. The average Bonchev–Trinajstić information content (AvgIpc) is 2.46. The van der Waals surface area contributed by atoms with Crippen molar-refractivity contribution in [1.29, 1.82) is 0 Å². The SMILES string of the molecule is COc1cccc(Sc2cc(NN)nc(C(F)(F)F)n2)c1. The normalized spacial score (nSPS) is 11.3. The Labute approximate surface area is 122 Å². The van der Waals surface area contributed by atoms with E-state index < -0.39 is 12.0 Å². The molecule has 0 amide bonds. The second-order valence-electron chi connectivity index (χ2n) is 3.84. The van der Waals surface area contributed by atoms with Crippen LogP contribution < -0.4 is 16.0 Å². The van der Waals surface area contributed by atoms with Gasteiger partial charge in [-0.3, -0.25) is 0 Å². The number of benzene rings is 1. The van der Waals surface area contributed by atoms with E-state index in [1.54, 1.807) is 24.3 Å². The number of ether oxygens (including phenoxy) is 1. The molecule has 0 aliphatic heterocycles. The van der Waals surface area contributed by atoms with Crippen molar-refractivity contribution in [2.75, 3.05) is 12.5 Å². The Morgan fingerprint density at radius 3 is 2.62 bits per heavy atom. The number of rotatable bonds is 4. The molecule has 1 aromatic carbocycles. The van der Waals surface area contributed by atoms with Gasteiger partial charge in [-0.05, 0) is 18.2 Å². The van der Waals surface area contributed by atoms with Crippen LogP contribution in [-0.4, -0.2) is 17.1 Å². The number of hydrogen-bond acceptors (Lipinski definition) is 6. The molecule has 0 aliphatic carbocycles. The molecule has 2 aromatic rings. The Bertz CT molecular complexity index is 636. The quantitative estimate of drug-likeness (QED) is 0.513. The van der Waals surface area contributed by atoms with Crippen LogP contribution in [0.25, 0.3) is 0 Å². The van der Waals surface area contributed by atoms with Crippen LogP contribution in [0.2, 0.25) is 0 Å². The molecule has 9 heteroatoms. The Balaban J connectivity index is 2.34. The maximum atomic E-state index is 12.7. The van der Waals surface area contributed by atoms with Crippen molar-refractivity contribution >= 4 is 17.6 Å². The lowest BCUT2D eigenvalue weighted by atomic mass is 10.3. The van der Waals surface area contributed by atoms with Gasteiger partial charge in [0.15, 0.2) is 0 Å². The predicted molar refractivity (Wildman–Crippen MR) is 72.0 cm³/mol. The second kappa shape index (κ2) is 6.19. The van der Waals surface area contributed by atoms with Crippen LogP contribution in [0.15, 0.2) is 40.3 Å². The molecule has 1 heterocycles. The van der Waals surface area contributed by atoms with E-state index in [1.165, 1.54) is 13.2 Å². The number of methoxy groups -OCH3 is 1. The van der Waals surface area contributed by atoms with E-state index >= 15 is 0 Å². The van der Waals surface area contributed by atoms with Crippen LogP contribution in [0.3, 0.4) is 0 Å². The van der Waals surface area contributed by atoms with Crippen molar-refractivity contribution < 1.29 is 17.9 Å². The minimum atomic E-state index is -4.64. The molecule has 0 bridgehead atoms. The van der Waals surface area contributed by atoms with E-state index in [9.17, 15) is 13.2 Å². The zero-order valence-electron chi connectivity index (χ0n) is 10.8. The van der Waals surface area contributed by atoms with Gasteiger partial charge in [-0.25, -0.2) is 15.8 Å². The van der Waals surface area contributed by atoms with Crippen LogP contribution in [-0.2, 0) is 6.18 Å². The van der Waals surface area contributed by atoms with Crippen LogP contribution >= 0.6 is 11.8 Å². The van der Waals surface area contributed by atoms with Crippen LogP contribution in [0.4, 0.5) is 19.0 Å². The highest BCUT2D eigenvalue weighted by molar-refractivity contribution is 7.99. The van der Waals surface area contributed by atoms with Gasteiger partial charge in [0.25, 0.3) is 0 Å². The van der Waals surface area contributed by atoms with Crippen molar-refractivity contribution in [3.8, 4) is 5.75 Å². The third-order valence-corrected chi connectivity index (χ3v) is 3.28. The van der Waals surface area contributed by atoms with Crippen molar-refractivity contribution in [3.05, 3.63) is 36.2 Å². The lowest BCUT2D eigenvalue weighted by Gasteiger charge is -2.10. The summed E-state index contributed by atoms with van der Waals surface area (Å²) in [7, 11) is 1.51. The summed E-state index contributed by atoms with van der Waals surface area (Å²) in [6.07, 6.45) is -4.64. The number of nitrogens with zero attached hydrogens (tertiary/aromatic N) is 2.